The molecule has 1 heteroatoms. The van der Waals surface area contributed by atoms with Gasteiger partial charge in [-0.05, 0) is 37.1 Å². The lowest BCUT2D eigenvalue weighted by molar-refractivity contribution is 1.14. The lowest BCUT2D eigenvalue weighted by atomic mass is 10.1. The molecule has 0 radical (unpaired) electrons. The highest BCUT2D eigenvalue weighted by molar-refractivity contribution is 5.82. The van der Waals surface area contributed by atoms with E-state index in [9.17, 15) is 0 Å². The summed E-state index contributed by atoms with van der Waals surface area (Å²) < 4.78 is 0. The molecule has 0 aliphatic rings. The number of nitrogens with zero attached hydrogens (tertiary/aromatic N) is 1. The summed E-state index contributed by atoms with van der Waals surface area (Å²) in [6.45, 7) is 4.28. The van der Waals surface area contributed by atoms with Gasteiger partial charge in [0.25, 0.3) is 0 Å². The molecule has 0 aliphatic heterocycles. The monoisotopic (exact) mass is 247 g/mol. The number of aromatic nitrogens is 1. The highest BCUT2D eigenvalue weighted by Crippen LogP contribution is 2.22. The highest BCUT2D eigenvalue weighted by Gasteiger charge is 2.01. The van der Waals surface area contributed by atoms with Crippen LogP contribution in [0.1, 0.15) is 18.1 Å². The molecule has 0 atom stereocenters. The zero-order valence-electron chi connectivity index (χ0n) is 11.4. The van der Waals surface area contributed by atoms with Crippen LogP contribution in [0.3, 0.4) is 0 Å². The van der Waals surface area contributed by atoms with E-state index in [1.807, 2.05) is 0 Å². The van der Waals surface area contributed by atoms with Gasteiger partial charge in [0.1, 0.15) is 0 Å². The van der Waals surface area contributed by atoms with Gasteiger partial charge in [-0.2, -0.15) is 0 Å². The van der Waals surface area contributed by atoms with Crippen LogP contribution in [0.15, 0.2) is 54.6 Å². The molecule has 0 fully saturated rings. The van der Waals surface area contributed by atoms with Gasteiger partial charge < -0.3 is 0 Å². The van der Waals surface area contributed by atoms with Gasteiger partial charge >= 0.3 is 0 Å². The number of hydrogen-bond acceptors (Lipinski definition) is 1. The Morgan fingerprint density at radius 1 is 0.895 bits per heavy atom. The van der Waals surface area contributed by atoms with Crippen LogP contribution >= 0.6 is 0 Å². The van der Waals surface area contributed by atoms with Crippen LogP contribution in [0.2, 0.25) is 0 Å². The second-order valence-electron chi connectivity index (χ2n) is 4.94. The zero-order valence-corrected chi connectivity index (χ0v) is 11.4. The van der Waals surface area contributed by atoms with Crippen LogP contribution in [-0.4, -0.2) is 4.98 Å². The van der Waals surface area contributed by atoms with Crippen molar-refractivity contribution in [1.82, 2.24) is 4.98 Å². The molecule has 0 amide bonds. The molecule has 19 heavy (non-hydrogen) atoms. The van der Waals surface area contributed by atoms with Crippen molar-refractivity contribution in [1.29, 1.82) is 0 Å². The molecule has 0 spiro atoms. The SMILES string of the molecule is CCc1ccc(-c2ccc3cc(C)ccc3n2)cc1. The molecule has 0 aliphatic carbocycles. The Labute approximate surface area is 113 Å². The Kier molecular flexibility index (Phi) is 3.04. The fourth-order valence-electron chi connectivity index (χ4n) is 2.32. The summed E-state index contributed by atoms with van der Waals surface area (Å²) in [7, 11) is 0. The molecule has 0 bridgehead atoms. The van der Waals surface area contributed by atoms with Gasteiger partial charge in [0.15, 0.2) is 0 Å². The number of aryl methyl sites for hydroxylation is 2. The van der Waals surface area contributed by atoms with E-state index in [2.05, 4.69) is 68.4 Å². The molecule has 0 saturated carbocycles. The van der Waals surface area contributed by atoms with Crippen molar-refractivity contribution in [2.24, 2.45) is 0 Å². The fourth-order valence-corrected chi connectivity index (χ4v) is 2.32. The Balaban J connectivity index is 2.06. The van der Waals surface area contributed by atoms with Gasteiger partial charge in [-0.1, -0.05) is 48.9 Å². The average Bonchev–Trinajstić information content (AvgIpc) is 2.47. The number of rotatable bonds is 2. The maximum absolute atomic E-state index is 4.74. The summed E-state index contributed by atoms with van der Waals surface area (Å²) >= 11 is 0. The van der Waals surface area contributed by atoms with E-state index in [-0.39, 0.29) is 0 Å². The van der Waals surface area contributed by atoms with Crippen molar-refractivity contribution in [3.63, 3.8) is 0 Å². The first kappa shape index (κ1) is 11.9. The molecule has 2 aromatic carbocycles. The van der Waals surface area contributed by atoms with Crippen molar-refractivity contribution < 1.29 is 0 Å². The number of fused-ring (bicyclic) bond motifs is 1. The third-order valence-electron chi connectivity index (χ3n) is 3.50. The van der Waals surface area contributed by atoms with Crippen molar-refractivity contribution in [2.75, 3.05) is 0 Å². The average molecular weight is 247 g/mol. The van der Waals surface area contributed by atoms with Gasteiger partial charge in [-0.15, -0.1) is 0 Å². The third kappa shape index (κ3) is 2.37. The molecular formula is C18H17N. The van der Waals surface area contributed by atoms with Crippen molar-refractivity contribution in [3.05, 3.63) is 65.7 Å². The molecule has 3 aromatic rings. The summed E-state index contributed by atoms with van der Waals surface area (Å²) in [4.78, 5) is 4.74. The van der Waals surface area contributed by atoms with E-state index in [0.717, 1.165) is 17.6 Å². The van der Waals surface area contributed by atoms with E-state index in [1.54, 1.807) is 0 Å². The minimum atomic E-state index is 1.04. The second-order valence-corrected chi connectivity index (χ2v) is 4.94. The molecule has 0 unspecified atom stereocenters. The van der Waals surface area contributed by atoms with Crippen LogP contribution in [-0.2, 0) is 6.42 Å². The van der Waals surface area contributed by atoms with Gasteiger partial charge in [-0.3, -0.25) is 0 Å². The minimum absolute atomic E-state index is 1.04. The standard InChI is InChI=1S/C18H17N/c1-3-14-5-7-15(8-6-14)17-11-9-16-12-13(2)4-10-18(16)19-17/h4-12H,3H2,1-2H3. The van der Waals surface area contributed by atoms with Crippen LogP contribution < -0.4 is 0 Å². The lowest BCUT2D eigenvalue weighted by Crippen LogP contribution is -1.87. The molecule has 1 nitrogen and oxygen atoms in total. The van der Waals surface area contributed by atoms with Crippen LogP contribution in [0, 0.1) is 6.92 Å². The van der Waals surface area contributed by atoms with Crippen molar-refractivity contribution in [3.8, 4) is 11.3 Å². The summed E-state index contributed by atoms with van der Waals surface area (Å²) in [5, 5.41) is 1.20. The van der Waals surface area contributed by atoms with Crippen molar-refractivity contribution >= 4 is 10.9 Å². The Morgan fingerprint density at radius 2 is 1.68 bits per heavy atom. The first-order chi connectivity index (χ1) is 9.26. The van der Waals surface area contributed by atoms with Gasteiger partial charge in [-0.25, -0.2) is 4.98 Å². The molecular weight excluding hydrogens is 230 g/mol. The van der Waals surface area contributed by atoms with E-state index in [4.69, 9.17) is 4.98 Å². The first-order valence-electron chi connectivity index (χ1n) is 6.73. The van der Waals surface area contributed by atoms with E-state index < -0.39 is 0 Å². The maximum Gasteiger partial charge on any atom is 0.0709 e. The smallest absolute Gasteiger partial charge is 0.0709 e. The molecule has 1 heterocycles. The summed E-state index contributed by atoms with van der Waals surface area (Å²) in [5.74, 6) is 0. The minimum Gasteiger partial charge on any atom is -0.248 e. The van der Waals surface area contributed by atoms with E-state index in [1.165, 1.54) is 22.1 Å². The van der Waals surface area contributed by atoms with Crippen LogP contribution in [0.4, 0.5) is 0 Å². The van der Waals surface area contributed by atoms with Gasteiger partial charge in [0.05, 0.1) is 11.2 Å². The zero-order chi connectivity index (χ0) is 13.2. The quantitative estimate of drug-likeness (QED) is 0.635. The normalized spacial score (nSPS) is 10.8. The van der Waals surface area contributed by atoms with Gasteiger partial charge in [0, 0.05) is 10.9 Å². The Morgan fingerprint density at radius 3 is 2.42 bits per heavy atom. The summed E-state index contributed by atoms with van der Waals surface area (Å²) in [6, 6.07) is 19.3. The first-order valence-corrected chi connectivity index (χ1v) is 6.73. The molecule has 3 rings (SSSR count). The van der Waals surface area contributed by atoms with Crippen LogP contribution in [0.25, 0.3) is 22.2 Å². The van der Waals surface area contributed by atoms with Gasteiger partial charge in [0.2, 0.25) is 0 Å². The third-order valence-corrected chi connectivity index (χ3v) is 3.50. The molecule has 0 N–H and O–H groups in total. The Bertz CT molecular complexity index is 711. The number of benzene rings is 2. The fraction of sp³-hybridized carbons (Fsp3) is 0.167. The summed E-state index contributed by atoms with van der Waals surface area (Å²) in [5.41, 5.74) is 5.91. The van der Waals surface area contributed by atoms with Crippen molar-refractivity contribution in [2.45, 2.75) is 20.3 Å². The highest BCUT2D eigenvalue weighted by atomic mass is 14.7. The van der Waals surface area contributed by atoms with E-state index >= 15 is 0 Å². The molecule has 1 aromatic heterocycles. The lowest BCUT2D eigenvalue weighted by Gasteiger charge is -2.05. The van der Waals surface area contributed by atoms with E-state index in [0.29, 0.717) is 0 Å². The summed E-state index contributed by atoms with van der Waals surface area (Å²) in [6.07, 6.45) is 1.07. The predicted molar refractivity (Wildman–Crippen MR) is 81.3 cm³/mol. The largest absolute Gasteiger partial charge is 0.248 e. The predicted octanol–water partition coefficient (Wildman–Crippen LogP) is 4.77. The maximum atomic E-state index is 4.74. The van der Waals surface area contributed by atoms with Crippen LogP contribution in [0.5, 0.6) is 0 Å². The number of hydrogen-bond donors (Lipinski definition) is 0. The Hall–Kier alpha value is -2.15. The second kappa shape index (κ2) is 4.85. The molecule has 0 saturated heterocycles. The topological polar surface area (TPSA) is 12.9 Å². The number of pyridine rings is 1. The molecule has 94 valence electrons.